The highest BCUT2D eigenvalue weighted by molar-refractivity contribution is 6.25. The van der Waals surface area contributed by atoms with E-state index in [1.807, 2.05) is 0 Å². The van der Waals surface area contributed by atoms with E-state index in [4.69, 9.17) is 0 Å². The van der Waals surface area contributed by atoms with Crippen LogP contribution in [0.2, 0.25) is 0 Å². The lowest BCUT2D eigenvalue weighted by molar-refractivity contribution is 1.47. The minimum absolute atomic E-state index is 1.26. The molecule has 0 spiro atoms. The molecule has 0 aliphatic rings. The van der Waals surface area contributed by atoms with Gasteiger partial charge in [-0.05, 0) is 73.6 Å². The first-order valence-electron chi connectivity index (χ1n) is 10.8. The van der Waals surface area contributed by atoms with Crippen LogP contribution in [0.4, 0.5) is 0 Å². The molecule has 0 saturated carbocycles. The third kappa shape index (κ3) is 2.92. The first kappa shape index (κ1) is 17.9. The molecule has 0 nitrogen and oxygen atoms in total. The standard InChI is InChI=1S/C31H22/c1-21-15-17-23(18-16-21)30-20-24-19-29(22-9-3-2-4-10-22)25-11-5-7-13-27(25)31(24)28-14-8-6-12-26(28)30/h2-20H,1H3. The van der Waals surface area contributed by atoms with Gasteiger partial charge in [-0.3, -0.25) is 0 Å². The van der Waals surface area contributed by atoms with Gasteiger partial charge in [-0.15, -0.1) is 0 Å². The molecular formula is C31H22. The van der Waals surface area contributed by atoms with Gasteiger partial charge in [0.25, 0.3) is 0 Å². The van der Waals surface area contributed by atoms with Gasteiger partial charge in [0.2, 0.25) is 0 Å². The largest absolute Gasteiger partial charge is 0.0622 e. The van der Waals surface area contributed by atoms with E-state index in [-0.39, 0.29) is 0 Å². The van der Waals surface area contributed by atoms with Crippen molar-refractivity contribution in [2.45, 2.75) is 6.92 Å². The molecule has 0 atom stereocenters. The van der Waals surface area contributed by atoms with Crippen molar-refractivity contribution in [2.24, 2.45) is 0 Å². The molecule has 0 heterocycles. The molecule has 0 bridgehead atoms. The second-order valence-electron chi connectivity index (χ2n) is 8.27. The van der Waals surface area contributed by atoms with E-state index in [1.54, 1.807) is 0 Å². The lowest BCUT2D eigenvalue weighted by Crippen LogP contribution is -1.89. The maximum absolute atomic E-state index is 2.38. The molecule has 0 radical (unpaired) electrons. The van der Waals surface area contributed by atoms with Crippen molar-refractivity contribution in [2.75, 3.05) is 0 Å². The Labute approximate surface area is 182 Å². The van der Waals surface area contributed by atoms with Crippen molar-refractivity contribution in [3.8, 4) is 22.3 Å². The van der Waals surface area contributed by atoms with E-state index < -0.39 is 0 Å². The molecule has 0 fully saturated rings. The first-order chi connectivity index (χ1) is 15.3. The lowest BCUT2D eigenvalue weighted by atomic mass is 9.87. The smallest absolute Gasteiger partial charge is 0.00259 e. The summed E-state index contributed by atoms with van der Waals surface area (Å²) in [4.78, 5) is 0. The highest BCUT2D eigenvalue weighted by atomic mass is 14.2. The Hall–Kier alpha value is -3.90. The fourth-order valence-corrected chi connectivity index (χ4v) is 4.81. The summed E-state index contributed by atoms with van der Waals surface area (Å²) in [6, 6.07) is 42.0. The van der Waals surface area contributed by atoms with Crippen molar-refractivity contribution in [1.29, 1.82) is 0 Å². The van der Waals surface area contributed by atoms with Crippen LogP contribution in [-0.4, -0.2) is 0 Å². The Balaban J connectivity index is 1.79. The van der Waals surface area contributed by atoms with Crippen molar-refractivity contribution in [1.82, 2.24) is 0 Å². The average Bonchev–Trinajstić information content (AvgIpc) is 2.84. The molecule has 6 rings (SSSR count). The zero-order valence-electron chi connectivity index (χ0n) is 17.5. The quantitative estimate of drug-likeness (QED) is 0.257. The van der Waals surface area contributed by atoms with Crippen molar-refractivity contribution in [3.63, 3.8) is 0 Å². The summed E-state index contributed by atoms with van der Waals surface area (Å²) in [5, 5.41) is 7.84. The molecule has 0 heteroatoms. The molecular weight excluding hydrogens is 372 g/mol. The van der Waals surface area contributed by atoms with Crippen LogP contribution < -0.4 is 0 Å². The summed E-state index contributed by atoms with van der Waals surface area (Å²) in [7, 11) is 0. The Morgan fingerprint density at radius 2 is 0.871 bits per heavy atom. The van der Waals surface area contributed by atoms with Gasteiger partial charge in [0, 0.05) is 0 Å². The molecule has 0 saturated heterocycles. The van der Waals surface area contributed by atoms with Crippen molar-refractivity contribution < 1.29 is 0 Å². The molecule has 6 aromatic rings. The fraction of sp³-hybridized carbons (Fsp3) is 0.0323. The van der Waals surface area contributed by atoms with E-state index in [9.17, 15) is 0 Å². The second-order valence-corrected chi connectivity index (χ2v) is 8.27. The fourth-order valence-electron chi connectivity index (χ4n) is 4.81. The van der Waals surface area contributed by atoms with E-state index in [0.717, 1.165) is 0 Å². The minimum atomic E-state index is 1.26. The van der Waals surface area contributed by atoms with Gasteiger partial charge in [0.1, 0.15) is 0 Å². The number of aryl methyl sites for hydroxylation is 1. The topological polar surface area (TPSA) is 0 Å². The molecule has 0 N–H and O–H groups in total. The van der Waals surface area contributed by atoms with Crippen LogP contribution in [0.5, 0.6) is 0 Å². The van der Waals surface area contributed by atoms with E-state index in [2.05, 4.69) is 122 Å². The van der Waals surface area contributed by atoms with Gasteiger partial charge in [0.15, 0.2) is 0 Å². The summed E-state index contributed by atoms with van der Waals surface area (Å²) >= 11 is 0. The second kappa shape index (κ2) is 7.11. The maximum atomic E-state index is 2.38. The lowest BCUT2D eigenvalue weighted by Gasteiger charge is -2.16. The predicted molar refractivity (Wildman–Crippen MR) is 135 cm³/mol. The molecule has 0 aromatic heterocycles. The summed E-state index contributed by atoms with van der Waals surface area (Å²) in [5.41, 5.74) is 6.38. The predicted octanol–water partition coefficient (Wildman–Crippen LogP) is 8.79. The SMILES string of the molecule is Cc1ccc(-c2cc3cc(-c4ccccc4)c4ccccc4c3c3ccccc23)cc1. The molecule has 6 aromatic carbocycles. The Morgan fingerprint density at radius 3 is 1.42 bits per heavy atom. The highest BCUT2D eigenvalue weighted by Crippen LogP contribution is 2.41. The van der Waals surface area contributed by atoms with Crippen LogP contribution in [0, 0.1) is 6.92 Å². The number of fused-ring (bicyclic) bond motifs is 5. The summed E-state index contributed by atoms with van der Waals surface area (Å²) < 4.78 is 0. The molecule has 0 unspecified atom stereocenters. The summed E-state index contributed by atoms with van der Waals surface area (Å²) in [6.45, 7) is 2.14. The minimum Gasteiger partial charge on any atom is -0.0622 e. The molecule has 0 amide bonds. The van der Waals surface area contributed by atoms with Crippen LogP contribution in [0.3, 0.4) is 0 Å². The van der Waals surface area contributed by atoms with Gasteiger partial charge >= 0.3 is 0 Å². The van der Waals surface area contributed by atoms with Crippen molar-refractivity contribution in [3.05, 3.63) is 121 Å². The Morgan fingerprint density at radius 1 is 0.419 bits per heavy atom. The van der Waals surface area contributed by atoms with Gasteiger partial charge < -0.3 is 0 Å². The van der Waals surface area contributed by atoms with E-state index in [1.165, 1.54) is 60.1 Å². The van der Waals surface area contributed by atoms with Gasteiger partial charge in [0.05, 0.1) is 0 Å². The van der Waals surface area contributed by atoms with Crippen LogP contribution in [0.25, 0.3) is 54.6 Å². The number of hydrogen-bond donors (Lipinski definition) is 0. The number of hydrogen-bond acceptors (Lipinski definition) is 0. The van der Waals surface area contributed by atoms with Gasteiger partial charge in [-0.1, -0.05) is 109 Å². The third-order valence-electron chi connectivity index (χ3n) is 6.31. The summed E-state index contributed by atoms with van der Waals surface area (Å²) in [5.74, 6) is 0. The molecule has 146 valence electrons. The Kier molecular flexibility index (Phi) is 4.11. The monoisotopic (exact) mass is 394 g/mol. The van der Waals surface area contributed by atoms with E-state index >= 15 is 0 Å². The van der Waals surface area contributed by atoms with Crippen molar-refractivity contribution >= 4 is 32.3 Å². The molecule has 0 aliphatic heterocycles. The molecule has 31 heavy (non-hydrogen) atoms. The van der Waals surface area contributed by atoms with E-state index in [0.29, 0.717) is 0 Å². The van der Waals surface area contributed by atoms with Crippen LogP contribution in [0.15, 0.2) is 115 Å². The summed E-state index contributed by atoms with van der Waals surface area (Å²) in [6.07, 6.45) is 0. The van der Waals surface area contributed by atoms with Crippen LogP contribution in [-0.2, 0) is 0 Å². The van der Waals surface area contributed by atoms with Gasteiger partial charge in [-0.2, -0.15) is 0 Å². The zero-order chi connectivity index (χ0) is 20.8. The maximum Gasteiger partial charge on any atom is -0.00259 e. The number of rotatable bonds is 2. The average molecular weight is 395 g/mol. The highest BCUT2D eigenvalue weighted by Gasteiger charge is 2.14. The first-order valence-corrected chi connectivity index (χ1v) is 10.8. The third-order valence-corrected chi connectivity index (χ3v) is 6.31. The normalized spacial score (nSPS) is 11.4. The number of benzene rings is 6. The van der Waals surface area contributed by atoms with Gasteiger partial charge in [-0.25, -0.2) is 0 Å². The Bertz CT molecular complexity index is 1560. The van der Waals surface area contributed by atoms with Crippen LogP contribution in [0.1, 0.15) is 5.56 Å². The zero-order valence-corrected chi connectivity index (χ0v) is 17.5. The molecule has 0 aliphatic carbocycles. The van der Waals surface area contributed by atoms with Crippen LogP contribution >= 0.6 is 0 Å².